The lowest BCUT2D eigenvalue weighted by Crippen LogP contribution is -2.54. The van der Waals surface area contributed by atoms with Crippen LogP contribution in [0.2, 0.25) is 5.02 Å². The highest BCUT2D eigenvalue weighted by molar-refractivity contribution is 7.14. The fourth-order valence-electron chi connectivity index (χ4n) is 4.64. The summed E-state index contributed by atoms with van der Waals surface area (Å²) in [5.41, 5.74) is 5.35. The predicted molar refractivity (Wildman–Crippen MR) is 135 cm³/mol. The molecule has 4 aromatic heterocycles. The van der Waals surface area contributed by atoms with E-state index in [4.69, 9.17) is 16.6 Å². The van der Waals surface area contributed by atoms with Crippen molar-refractivity contribution >= 4 is 55.9 Å². The first-order chi connectivity index (χ1) is 16.6. The van der Waals surface area contributed by atoms with Gasteiger partial charge in [-0.15, -0.1) is 11.3 Å². The van der Waals surface area contributed by atoms with Gasteiger partial charge in [0.2, 0.25) is 5.91 Å². The molecule has 0 saturated carbocycles. The number of carbonyl (C=O) groups is 1. The highest BCUT2D eigenvalue weighted by Crippen LogP contribution is 2.34. The molecular weight excluding hydrogens is 470 g/mol. The van der Waals surface area contributed by atoms with Gasteiger partial charge >= 0.3 is 0 Å². The van der Waals surface area contributed by atoms with Crippen LogP contribution in [-0.4, -0.2) is 61.0 Å². The average Bonchev–Trinajstić information content (AvgIpc) is 3.56. The van der Waals surface area contributed by atoms with Crippen molar-refractivity contribution in [1.29, 1.82) is 0 Å². The highest BCUT2D eigenvalue weighted by atomic mass is 35.5. The lowest BCUT2D eigenvalue weighted by molar-refractivity contribution is -0.134. The van der Waals surface area contributed by atoms with Crippen LogP contribution >= 0.6 is 22.9 Å². The Kier molecular flexibility index (Phi) is 5.23. The molecule has 172 valence electrons. The Balaban J connectivity index is 1.19. The largest absolute Gasteiger partial charge is 0.358 e. The molecule has 1 N–H and O–H groups in total. The van der Waals surface area contributed by atoms with Gasteiger partial charge in [0.25, 0.3) is 0 Å². The first-order valence-electron chi connectivity index (χ1n) is 11.1. The molecule has 1 aromatic carbocycles. The molecule has 10 heteroatoms. The number of aromatic nitrogens is 5. The maximum Gasteiger partial charge on any atom is 0.242 e. The third-order valence-corrected chi connectivity index (χ3v) is 7.48. The van der Waals surface area contributed by atoms with E-state index in [1.165, 1.54) is 0 Å². The Hall–Kier alpha value is -3.43. The zero-order chi connectivity index (χ0) is 23.2. The molecular formula is C24H22ClN7OS. The van der Waals surface area contributed by atoms with Gasteiger partial charge in [0, 0.05) is 43.5 Å². The molecule has 0 aliphatic carbocycles. The van der Waals surface area contributed by atoms with E-state index >= 15 is 0 Å². The number of rotatable bonds is 4. The van der Waals surface area contributed by atoms with Crippen LogP contribution in [0.4, 0.5) is 5.00 Å². The summed E-state index contributed by atoms with van der Waals surface area (Å²) in [6, 6.07) is 11.8. The van der Waals surface area contributed by atoms with Gasteiger partial charge in [-0.25, -0.2) is 15.0 Å². The maximum absolute atomic E-state index is 13.2. The van der Waals surface area contributed by atoms with Crippen LogP contribution in [0.15, 0.2) is 54.3 Å². The smallest absolute Gasteiger partial charge is 0.242 e. The van der Waals surface area contributed by atoms with Gasteiger partial charge in [0.05, 0.1) is 21.6 Å². The number of para-hydroxylation sites is 2. The number of benzene rings is 1. The van der Waals surface area contributed by atoms with Gasteiger partial charge in [-0.3, -0.25) is 4.79 Å². The lowest BCUT2D eigenvalue weighted by Gasteiger charge is -2.40. The molecule has 5 heterocycles. The summed E-state index contributed by atoms with van der Waals surface area (Å²) in [4.78, 5) is 34.6. The summed E-state index contributed by atoms with van der Waals surface area (Å²) >= 11 is 7.94. The summed E-state index contributed by atoms with van der Waals surface area (Å²) in [5, 5.41) is 2.54. The highest BCUT2D eigenvalue weighted by Gasteiger charge is 2.30. The maximum atomic E-state index is 13.2. The van der Waals surface area contributed by atoms with Crippen molar-refractivity contribution in [3.63, 3.8) is 0 Å². The Morgan fingerprint density at radius 1 is 1.21 bits per heavy atom. The number of thiazole rings is 1. The minimum Gasteiger partial charge on any atom is -0.358 e. The molecule has 0 unspecified atom stereocenters. The first-order valence-corrected chi connectivity index (χ1v) is 12.4. The second-order valence-electron chi connectivity index (χ2n) is 8.47. The van der Waals surface area contributed by atoms with Crippen LogP contribution in [0.5, 0.6) is 0 Å². The fraction of sp³-hybridized carbons (Fsp3) is 0.250. The second-order valence-corrected chi connectivity index (χ2v) is 9.71. The monoisotopic (exact) mass is 491 g/mol. The van der Waals surface area contributed by atoms with Gasteiger partial charge in [-0.1, -0.05) is 23.7 Å². The second kappa shape index (κ2) is 8.41. The third-order valence-electron chi connectivity index (χ3n) is 6.29. The lowest BCUT2D eigenvalue weighted by atomic mass is 10.2. The number of anilines is 1. The summed E-state index contributed by atoms with van der Waals surface area (Å²) < 4.78 is 1.84. The number of hydrogen-bond acceptors (Lipinski definition) is 6. The number of H-pyrrole nitrogens is 1. The Bertz CT molecular complexity index is 1470. The number of amides is 1. The average molecular weight is 492 g/mol. The number of fused-ring (bicyclic) bond motifs is 2. The number of hydrogen-bond donors (Lipinski definition) is 1. The standard InChI is InChI=1S/C24H22ClN7OS/c1-15-11-30(24-21(27-14-34-24)22-28-18-6-2-3-7-19(18)29-22)9-10-32(15)20(33)13-31-12-17(25)16-5-4-8-26-23(16)31/h2-8,12,14-15H,9-11,13H2,1H3,(H,28,29)/t15-/m1/s1. The molecule has 34 heavy (non-hydrogen) atoms. The Morgan fingerprint density at radius 3 is 2.94 bits per heavy atom. The summed E-state index contributed by atoms with van der Waals surface area (Å²) in [6.45, 7) is 4.40. The topological polar surface area (TPSA) is 82.9 Å². The van der Waals surface area contributed by atoms with Crippen molar-refractivity contribution in [1.82, 2.24) is 29.4 Å². The molecule has 1 saturated heterocycles. The number of nitrogens with one attached hydrogen (secondary N) is 1. The molecule has 0 radical (unpaired) electrons. The molecule has 8 nitrogen and oxygen atoms in total. The van der Waals surface area contributed by atoms with Gasteiger partial charge in [-0.05, 0) is 31.2 Å². The third kappa shape index (κ3) is 3.61. The van der Waals surface area contributed by atoms with E-state index in [-0.39, 0.29) is 18.5 Å². The zero-order valence-electron chi connectivity index (χ0n) is 18.5. The molecule has 1 aliphatic heterocycles. The fourth-order valence-corrected chi connectivity index (χ4v) is 5.74. The van der Waals surface area contributed by atoms with Crippen molar-refractivity contribution in [2.75, 3.05) is 24.5 Å². The van der Waals surface area contributed by atoms with Crippen molar-refractivity contribution in [2.24, 2.45) is 0 Å². The van der Waals surface area contributed by atoms with Crippen LogP contribution < -0.4 is 4.90 Å². The van der Waals surface area contributed by atoms with E-state index in [2.05, 4.69) is 26.8 Å². The van der Waals surface area contributed by atoms with Crippen LogP contribution in [0, 0.1) is 0 Å². The van der Waals surface area contributed by atoms with Crippen LogP contribution in [0.1, 0.15) is 6.92 Å². The van der Waals surface area contributed by atoms with E-state index in [1.807, 2.05) is 51.4 Å². The summed E-state index contributed by atoms with van der Waals surface area (Å²) in [5.74, 6) is 0.834. The molecule has 1 atom stereocenters. The quantitative estimate of drug-likeness (QED) is 0.402. The van der Waals surface area contributed by atoms with Gasteiger partial charge in [-0.2, -0.15) is 0 Å². The van der Waals surface area contributed by atoms with E-state index in [9.17, 15) is 4.79 Å². The van der Waals surface area contributed by atoms with E-state index in [0.717, 1.165) is 51.7 Å². The zero-order valence-corrected chi connectivity index (χ0v) is 20.1. The first kappa shape index (κ1) is 21.1. The minimum atomic E-state index is 0.0529. The van der Waals surface area contributed by atoms with Crippen LogP contribution in [0.3, 0.4) is 0 Å². The molecule has 1 aliphatic rings. The van der Waals surface area contributed by atoms with Gasteiger partial charge in [0.1, 0.15) is 22.9 Å². The summed E-state index contributed by atoms with van der Waals surface area (Å²) in [7, 11) is 0. The van der Waals surface area contributed by atoms with Crippen molar-refractivity contribution in [2.45, 2.75) is 19.5 Å². The van der Waals surface area contributed by atoms with E-state index in [1.54, 1.807) is 23.7 Å². The molecule has 0 spiro atoms. The van der Waals surface area contributed by atoms with Crippen LogP contribution in [-0.2, 0) is 11.3 Å². The summed E-state index contributed by atoms with van der Waals surface area (Å²) in [6.07, 6.45) is 3.50. The van der Waals surface area contributed by atoms with Gasteiger partial charge in [0.15, 0.2) is 5.82 Å². The molecule has 6 rings (SSSR count). The van der Waals surface area contributed by atoms with Gasteiger partial charge < -0.3 is 19.4 Å². The number of aromatic amines is 1. The normalized spacial score (nSPS) is 16.6. The number of pyridine rings is 1. The van der Waals surface area contributed by atoms with Crippen molar-refractivity contribution in [3.8, 4) is 11.5 Å². The van der Waals surface area contributed by atoms with E-state index in [0.29, 0.717) is 11.6 Å². The van der Waals surface area contributed by atoms with E-state index < -0.39 is 0 Å². The molecule has 1 amide bonds. The number of piperazine rings is 1. The molecule has 0 bridgehead atoms. The van der Waals surface area contributed by atoms with Crippen LogP contribution in [0.25, 0.3) is 33.6 Å². The number of imidazole rings is 1. The Labute approximate surface area is 204 Å². The molecule has 1 fully saturated rings. The number of carbonyl (C=O) groups excluding carboxylic acids is 1. The number of nitrogens with zero attached hydrogens (tertiary/aromatic N) is 6. The van der Waals surface area contributed by atoms with Crippen molar-refractivity contribution < 1.29 is 4.79 Å². The minimum absolute atomic E-state index is 0.0529. The molecule has 5 aromatic rings. The predicted octanol–water partition coefficient (Wildman–Crippen LogP) is 4.43. The number of halogens is 1. The van der Waals surface area contributed by atoms with Crippen molar-refractivity contribution in [3.05, 3.63) is 59.3 Å². The Morgan fingerprint density at radius 2 is 2.09 bits per heavy atom. The SMILES string of the molecule is C[C@@H]1CN(c2scnc2-c2nc3ccccc3[nH]2)CCN1C(=O)Cn1cc(Cl)c2cccnc21.